The third kappa shape index (κ3) is 2.99. The maximum absolute atomic E-state index is 11.0. The number of aryl methyl sites for hydroxylation is 3. The van der Waals surface area contributed by atoms with Gasteiger partial charge >= 0.3 is 5.97 Å². The fourth-order valence-electron chi connectivity index (χ4n) is 2.00. The Bertz CT molecular complexity index is 661. The summed E-state index contributed by atoms with van der Waals surface area (Å²) in [6.07, 6.45) is 0. The third-order valence-electron chi connectivity index (χ3n) is 3.15. The Morgan fingerprint density at radius 1 is 1.30 bits per heavy atom. The zero-order valence-corrected chi connectivity index (χ0v) is 12.8. The first-order valence-corrected chi connectivity index (χ1v) is 7.10. The van der Waals surface area contributed by atoms with E-state index in [9.17, 15) is 4.79 Å². The summed E-state index contributed by atoms with van der Waals surface area (Å²) in [5, 5.41) is 9.69. The van der Waals surface area contributed by atoms with Crippen LogP contribution in [-0.2, 0) is 6.61 Å². The lowest BCUT2D eigenvalue weighted by Gasteiger charge is -2.11. The summed E-state index contributed by atoms with van der Waals surface area (Å²) in [6, 6.07) is 4.10. The van der Waals surface area contributed by atoms with Crippen molar-refractivity contribution in [2.24, 2.45) is 0 Å². The average Bonchev–Trinajstić information content (AvgIpc) is 2.73. The summed E-state index contributed by atoms with van der Waals surface area (Å²) in [5.74, 6) is -0.110. The Kier molecular flexibility index (Phi) is 4.09. The van der Waals surface area contributed by atoms with Crippen LogP contribution in [-0.4, -0.2) is 16.1 Å². The van der Waals surface area contributed by atoms with Gasteiger partial charge in [0.2, 0.25) is 0 Å². The molecule has 0 spiro atoms. The number of carboxylic acids is 1. The number of benzene rings is 1. The molecule has 0 unspecified atom stereocenters. The molecule has 0 aliphatic rings. The minimum absolute atomic E-state index is 0.278. The highest BCUT2D eigenvalue weighted by molar-refractivity contribution is 7.13. The highest BCUT2D eigenvalue weighted by Crippen LogP contribution is 2.25. The number of nitrogens with zero attached hydrogens (tertiary/aromatic N) is 1. The molecule has 1 aromatic heterocycles. The largest absolute Gasteiger partial charge is 0.486 e. The molecule has 4 nitrogen and oxygen atoms in total. The fraction of sp³-hybridized carbons (Fsp3) is 0.333. The summed E-state index contributed by atoms with van der Waals surface area (Å²) in [5.41, 5.74) is 3.96. The lowest BCUT2D eigenvalue weighted by Crippen LogP contribution is -1.98. The number of hydrogen-bond donors (Lipinski definition) is 1. The van der Waals surface area contributed by atoms with E-state index in [-0.39, 0.29) is 4.88 Å². The third-order valence-corrected chi connectivity index (χ3v) is 4.27. The quantitative estimate of drug-likeness (QED) is 0.934. The predicted molar refractivity (Wildman–Crippen MR) is 78.8 cm³/mol. The van der Waals surface area contributed by atoms with E-state index >= 15 is 0 Å². The summed E-state index contributed by atoms with van der Waals surface area (Å²) in [6.45, 7) is 8.08. The van der Waals surface area contributed by atoms with Crippen LogP contribution in [0.5, 0.6) is 5.75 Å². The first-order valence-electron chi connectivity index (χ1n) is 6.28. The van der Waals surface area contributed by atoms with Crippen molar-refractivity contribution in [1.29, 1.82) is 0 Å². The van der Waals surface area contributed by atoms with Crippen molar-refractivity contribution in [2.45, 2.75) is 34.3 Å². The Morgan fingerprint density at radius 2 is 2.00 bits per heavy atom. The maximum atomic E-state index is 11.0. The highest BCUT2D eigenvalue weighted by Gasteiger charge is 2.14. The van der Waals surface area contributed by atoms with Gasteiger partial charge in [-0.25, -0.2) is 9.78 Å². The van der Waals surface area contributed by atoms with E-state index < -0.39 is 5.97 Å². The number of aromatic nitrogens is 1. The van der Waals surface area contributed by atoms with Crippen molar-refractivity contribution in [3.05, 3.63) is 44.4 Å². The molecule has 0 amide bonds. The molecule has 5 heteroatoms. The first kappa shape index (κ1) is 14.5. The van der Waals surface area contributed by atoms with Crippen LogP contribution in [0.1, 0.15) is 37.1 Å². The first-order chi connectivity index (χ1) is 9.38. The van der Waals surface area contributed by atoms with Gasteiger partial charge in [0.25, 0.3) is 0 Å². The maximum Gasteiger partial charge on any atom is 0.347 e. The SMILES string of the molecule is Cc1cc(C)c(C)c(OCc2nc(C)c(C(=O)O)s2)c1. The summed E-state index contributed by atoms with van der Waals surface area (Å²) < 4.78 is 5.79. The number of thiazole rings is 1. The van der Waals surface area contributed by atoms with E-state index in [1.807, 2.05) is 26.8 Å². The molecule has 1 N–H and O–H groups in total. The van der Waals surface area contributed by atoms with Crippen molar-refractivity contribution >= 4 is 17.3 Å². The number of carboxylic acid groups (broad SMARTS) is 1. The smallest absolute Gasteiger partial charge is 0.347 e. The lowest BCUT2D eigenvalue weighted by atomic mass is 10.1. The average molecular weight is 291 g/mol. The van der Waals surface area contributed by atoms with E-state index in [0.717, 1.165) is 16.9 Å². The van der Waals surface area contributed by atoms with Crippen LogP contribution in [0, 0.1) is 27.7 Å². The minimum Gasteiger partial charge on any atom is -0.486 e. The lowest BCUT2D eigenvalue weighted by molar-refractivity contribution is 0.0701. The predicted octanol–water partition coefficient (Wildman–Crippen LogP) is 3.65. The number of ether oxygens (including phenoxy) is 1. The monoisotopic (exact) mass is 291 g/mol. The zero-order chi connectivity index (χ0) is 14.9. The van der Waals surface area contributed by atoms with Gasteiger partial charge in [0, 0.05) is 0 Å². The molecule has 0 fully saturated rings. The van der Waals surface area contributed by atoms with Gasteiger partial charge in [-0.1, -0.05) is 6.07 Å². The second-order valence-corrected chi connectivity index (χ2v) is 5.90. The molecule has 0 radical (unpaired) electrons. The van der Waals surface area contributed by atoms with E-state index in [0.29, 0.717) is 17.3 Å². The van der Waals surface area contributed by atoms with Gasteiger partial charge in [0.15, 0.2) is 0 Å². The molecule has 20 heavy (non-hydrogen) atoms. The molecule has 0 aliphatic carbocycles. The second-order valence-electron chi connectivity index (χ2n) is 4.82. The molecular weight excluding hydrogens is 274 g/mol. The minimum atomic E-state index is -0.936. The van der Waals surface area contributed by atoms with E-state index in [2.05, 4.69) is 11.1 Å². The van der Waals surface area contributed by atoms with Crippen LogP contribution in [0.2, 0.25) is 0 Å². The van der Waals surface area contributed by atoms with Gasteiger partial charge < -0.3 is 9.84 Å². The van der Waals surface area contributed by atoms with E-state index in [1.54, 1.807) is 6.92 Å². The molecule has 2 rings (SSSR count). The summed E-state index contributed by atoms with van der Waals surface area (Å²) in [7, 11) is 0. The Morgan fingerprint density at radius 3 is 2.60 bits per heavy atom. The van der Waals surface area contributed by atoms with Crippen molar-refractivity contribution in [3.63, 3.8) is 0 Å². The number of hydrogen-bond acceptors (Lipinski definition) is 4. The van der Waals surface area contributed by atoms with Gasteiger partial charge in [-0.15, -0.1) is 11.3 Å². The second kappa shape index (κ2) is 5.63. The normalized spacial score (nSPS) is 10.6. The summed E-state index contributed by atoms with van der Waals surface area (Å²) in [4.78, 5) is 15.5. The molecule has 1 aromatic carbocycles. The van der Waals surface area contributed by atoms with Crippen LogP contribution >= 0.6 is 11.3 Å². The Balaban J connectivity index is 2.17. The molecule has 0 atom stereocenters. The summed E-state index contributed by atoms with van der Waals surface area (Å²) >= 11 is 1.17. The van der Waals surface area contributed by atoms with Crippen LogP contribution < -0.4 is 4.74 Å². The fourth-order valence-corrected chi connectivity index (χ4v) is 2.82. The molecule has 0 aliphatic heterocycles. The zero-order valence-electron chi connectivity index (χ0n) is 12.0. The van der Waals surface area contributed by atoms with Crippen molar-refractivity contribution in [1.82, 2.24) is 4.98 Å². The van der Waals surface area contributed by atoms with Gasteiger partial charge in [0.05, 0.1) is 5.69 Å². The van der Waals surface area contributed by atoms with E-state index in [1.165, 1.54) is 16.9 Å². The van der Waals surface area contributed by atoms with E-state index in [4.69, 9.17) is 9.84 Å². The molecule has 0 saturated carbocycles. The van der Waals surface area contributed by atoms with Crippen LogP contribution in [0.4, 0.5) is 0 Å². The van der Waals surface area contributed by atoms with Gasteiger partial charge in [0.1, 0.15) is 22.2 Å². The molecule has 0 saturated heterocycles. The number of carbonyl (C=O) groups is 1. The number of aromatic carboxylic acids is 1. The molecule has 106 valence electrons. The number of rotatable bonds is 4. The van der Waals surface area contributed by atoms with Gasteiger partial charge in [-0.3, -0.25) is 0 Å². The van der Waals surface area contributed by atoms with Crippen molar-refractivity contribution in [2.75, 3.05) is 0 Å². The Hall–Kier alpha value is -1.88. The topological polar surface area (TPSA) is 59.4 Å². The Labute approximate surface area is 122 Å². The van der Waals surface area contributed by atoms with Gasteiger partial charge in [-0.05, 0) is 50.5 Å². The van der Waals surface area contributed by atoms with Crippen molar-refractivity contribution in [3.8, 4) is 5.75 Å². The van der Waals surface area contributed by atoms with Crippen LogP contribution in [0.25, 0.3) is 0 Å². The van der Waals surface area contributed by atoms with Crippen LogP contribution in [0.3, 0.4) is 0 Å². The highest BCUT2D eigenvalue weighted by atomic mass is 32.1. The molecule has 0 bridgehead atoms. The standard InChI is InChI=1S/C15H17NO3S/c1-8-5-9(2)10(3)12(6-8)19-7-13-16-11(4)14(20-13)15(17)18/h5-6H,7H2,1-4H3,(H,17,18). The molecule has 1 heterocycles. The van der Waals surface area contributed by atoms with Crippen molar-refractivity contribution < 1.29 is 14.6 Å². The molecule has 2 aromatic rings. The van der Waals surface area contributed by atoms with Crippen LogP contribution in [0.15, 0.2) is 12.1 Å². The molecular formula is C15H17NO3S. The van der Waals surface area contributed by atoms with Gasteiger partial charge in [-0.2, -0.15) is 0 Å².